The normalized spacial score (nSPS) is 12.4. The quantitative estimate of drug-likeness (QED) is 0.0818. The molecule has 0 atom stereocenters. The first kappa shape index (κ1) is 35.7. The van der Waals surface area contributed by atoms with E-state index in [1.165, 1.54) is 70.6 Å². The van der Waals surface area contributed by atoms with Crippen LogP contribution in [-0.2, 0) is 9.47 Å². The number of esters is 2. The largest absolute Gasteiger partial charge is 0.462 e. The van der Waals surface area contributed by atoms with Crippen LogP contribution in [0.1, 0.15) is 124 Å². The average molecular weight is 587 g/mol. The molecule has 0 N–H and O–H groups in total. The van der Waals surface area contributed by atoms with Gasteiger partial charge in [-0.25, -0.2) is 9.59 Å². The van der Waals surface area contributed by atoms with E-state index in [1.807, 2.05) is 0 Å². The van der Waals surface area contributed by atoms with Crippen molar-refractivity contribution in [2.75, 3.05) is 13.2 Å². The van der Waals surface area contributed by atoms with Crippen LogP contribution in [0.15, 0.2) is 24.3 Å². The van der Waals surface area contributed by atoms with Gasteiger partial charge in [-0.1, -0.05) is 96.8 Å². The highest BCUT2D eigenvalue weighted by Gasteiger charge is 2.73. The molecule has 1 rings (SSSR count). The minimum absolute atomic E-state index is 0.0476. The van der Waals surface area contributed by atoms with Gasteiger partial charge in [-0.05, 0) is 30.7 Å². The lowest BCUT2D eigenvalue weighted by Crippen LogP contribution is -2.54. The standard InChI is InChI=1S/C29H41F7O4/c1-2-3-4-5-6-7-8-9-10-11-12-13-14-15-16-21-39-25(37)23-17-19-24(20-18-23)26(38)40-22-27(30,31)28(32,33)29(34,35)36/h17-20H,2-16,21-22H2,1H3. The van der Waals surface area contributed by atoms with Gasteiger partial charge in [0.15, 0.2) is 6.61 Å². The summed E-state index contributed by atoms with van der Waals surface area (Å²) in [6.45, 7) is -0.0497. The van der Waals surface area contributed by atoms with Gasteiger partial charge in [-0.3, -0.25) is 0 Å². The molecule has 230 valence electrons. The Labute approximate surface area is 232 Å². The minimum Gasteiger partial charge on any atom is -0.462 e. The number of halogens is 7. The van der Waals surface area contributed by atoms with Crippen molar-refractivity contribution in [1.29, 1.82) is 0 Å². The molecule has 0 aliphatic carbocycles. The molecule has 0 radical (unpaired) electrons. The van der Waals surface area contributed by atoms with E-state index in [0.717, 1.165) is 43.5 Å². The Hall–Kier alpha value is -2.33. The summed E-state index contributed by atoms with van der Waals surface area (Å²) in [5.41, 5.74) is -0.364. The molecule has 0 heterocycles. The molecule has 0 aromatic heterocycles. The van der Waals surface area contributed by atoms with Gasteiger partial charge in [0.25, 0.3) is 0 Å². The van der Waals surface area contributed by atoms with E-state index in [4.69, 9.17) is 4.74 Å². The smallest absolute Gasteiger partial charge is 0.460 e. The zero-order valence-corrected chi connectivity index (χ0v) is 23.1. The van der Waals surface area contributed by atoms with Crippen molar-refractivity contribution < 1.29 is 49.8 Å². The van der Waals surface area contributed by atoms with Crippen molar-refractivity contribution in [2.45, 2.75) is 121 Å². The van der Waals surface area contributed by atoms with Crippen molar-refractivity contribution in [3.05, 3.63) is 35.4 Å². The molecule has 0 aliphatic heterocycles. The Morgan fingerprint density at radius 2 is 0.925 bits per heavy atom. The summed E-state index contributed by atoms with van der Waals surface area (Å²) < 4.78 is 97.9. The number of ether oxygens (including phenoxy) is 2. The van der Waals surface area contributed by atoms with Crippen LogP contribution in [0, 0.1) is 0 Å². The van der Waals surface area contributed by atoms with Gasteiger partial charge >= 0.3 is 30.0 Å². The van der Waals surface area contributed by atoms with Crippen LogP contribution in [-0.4, -0.2) is 43.2 Å². The number of hydrogen-bond donors (Lipinski definition) is 0. The molecule has 0 saturated heterocycles. The molecule has 11 heteroatoms. The average Bonchev–Trinajstić information content (AvgIpc) is 2.90. The molecule has 1 aromatic carbocycles. The van der Waals surface area contributed by atoms with Gasteiger partial charge in [0.1, 0.15) is 0 Å². The zero-order chi connectivity index (χ0) is 30.1. The highest BCUT2D eigenvalue weighted by molar-refractivity contribution is 5.93. The second-order valence-corrected chi connectivity index (χ2v) is 10.0. The number of rotatable bonds is 21. The van der Waals surface area contributed by atoms with Gasteiger partial charge in [0, 0.05) is 0 Å². The highest BCUT2D eigenvalue weighted by atomic mass is 19.4. The third kappa shape index (κ3) is 12.9. The van der Waals surface area contributed by atoms with Crippen LogP contribution in [0.25, 0.3) is 0 Å². The molecule has 0 aliphatic rings. The molecule has 0 amide bonds. The molecule has 4 nitrogen and oxygen atoms in total. The van der Waals surface area contributed by atoms with Crippen LogP contribution < -0.4 is 0 Å². The molecule has 0 spiro atoms. The Bertz CT molecular complexity index is 855. The zero-order valence-electron chi connectivity index (χ0n) is 23.1. The Balaban J connectivity index is 2.18. The van der Waals surface area contributed by atoms with Gasteiger partial charge in [-0.2, -0.15) is 30.7 Å². The number of carbonyl (C=O) groups excluding carboxylic acids is 2. The first-order valence-electron chi connectivity index (χ1n) is 14.1. The van der Waals surface area contributed by atoms with Crippen LogP contribution in [0.4, 0.5) is 30.7 Å². The molecular weight excluding hydrogens is 545 g/mol. The van der Waals surface area contributed by atoms with E-state index < -0.39 is 42.1 Å². The van der Waals surface area contributed by atoms with Crippen LogP contribution in [0.2, 0.25) is 0 Å². The maximum Gasteiger partial charge on any atom is 0.460 e. The summed E-state index contributed by atoms with van der Waals surface area (Å²) in [5.74, 6) is -14.3. The summed E-state index contributed by atoms with van der Waals surface area (Å²) in [6, 6.07) is 4.25. The van der Waals surface area contributed by atoms with Crippen LogP contribution in [0.5, 0.6) is 0 Å². The van der Waals surface area contributed by atoms with Gasteiger partial charge in [0.05, 0.1) is 17.7 Å². The topological polar surface area (TPSA) is 52.6 Å². The summed E-state index contributed by atoms with van der Waals surface area (Å²) >= 11 is 0. The Morgan fingerprint density at radius 1 is 0.575 bits per heavy atom. The second kappa shape index (κ2) is 18.2. The van der Waals surface area contributed by atoms with E-state index >= 15 is 0 Å². The summed E-state index contributed by atoms with van der Waals surface area (Å²) in [6.07, 6.45) is 11.5. The molecule has 1 aromatic rings. The van der Waals surface area contributed by atoms with Crippen LogP contribution >= 0.6 is 0 Å². The summed E-state index contributed by atoms with van der Waals surface area (Å²) in [7, 11) is 0. The van der Waals surface area contributed by atoms with E-state index in [9.17, 15) is 40.3 Å². The molecule has 40 heavy (non-hydrogen) atoms. The number of unbranched alkanes of at least 4 members (excludes halogenated alkanes) is 14. The predicted octanol–water partition coefficient (Wildman–Crippen LogP) is 9.70. The first-order valence-corrected chi connectivity index (χ1v) is 14.1. The molecule has 0 bridgehead atoms. The van der Waals surface area contributed by atoms with Gasteiger partial charge in [-0.15, -0.1) is 0 Å². The maximum atomic E-state index is 13.3. The number of alkyl halides is 7. The number of benzene rings is 1. The Morgan fingerprint density at radius 3 is 1.30 bits per heavy atom. The van der Waals surface area contributed by atoms with E-state index in [-0.39, 0.29) is 12.2 Å². The van der Waals surface area contributed by atoms with Crippen LogP contribution in [0.3, 0.4) is 0 Å². The van der Waals surface area contributed by atoms with E-state index in [2.05, 4.69) is 11.7 Å². The van der Waals surface area contributed by atoms with E-state index in [0.29, 0.717) is 6.42 Å². The van der Waals surface area contributed by atoms with Gasteiger partial charge < -0.3 is 9.47 Å². The number of hydrogen-bond acceptors (Lipinski definition) is 4. The minimum atomic E-state index is -6.52. The third-order valence-electron chi connectivity index (χ3n) is 6.54. The first-order chi connectivity index (χ1) is 18.8. The lowest BCUT2D eigenvalue weighted by atomic mass is 10.0. The number of carbonyl (C=O) groups is 2. The molecule has 0 saturated carbocycles. The third-order valence-corrected chi connectivity index (χ3v) is 6.54. The van der Waals surface area contributed by atoms with Crippen molar-refractivity contribution in [2.24, 2.45) is 0 Å². The van der Waals surface area contributed by atoms with Crippen molar-refractivity contribution in [3.63, 3.8) is 0 Å². The van der Waals surface area contributed by atoms with E-state index in [1.54, 1.807) is 0 Å². The lowest BCUT2D eigenvalue weighted by molar-refractivity contribution is -0.359. The van der Waals surface area contributed by atoms with Crippen molar-refractivity contribution >= 4 is 11.9 Å². The van der Waals surface area contributed by atoms with Gasteiger partial charge in [0.2, 0.25) is 0 Å². The monoisotopic (exact) mass is 586 g/mol. The molecule has 0 unspecified atom stereocenters. The fraction of sp³-hybridized carbons (Fsp3) is 0.724. The fourth-order valence-electron chi connectivity index (χ4n) is 4.00. The Kier molecular flexibility index (Phi) is 16.2. The summed E-state index contributed by atoms with van der Waals surface area (Å²) in [5, 5.41) is 0. The SMILES string of the molecule is CCCCCCCCCCCCCCCCCOC(=O)c1ccc(C(=O)OCC(F)(F)C(F)(F)C(F)(F)F)cc1. The van der Waals surface area contributed by atoms with Crippen molar-refractivity contribution in [3.8, 4) is 0 Å². The molecular formula is C29H41F7O4. The second-order valence-electron chi connectivity index (χ2n) is 10.0. The highest BCUT2D eigenvalue weighted by Crippen LogP contribution is 2.46. The predicted molar refractivity (Wildman–Crippen MR) is 138 cm³/mol. The lowest BCUT2D eigenvalue weighted by Gasteiger charge is -2.27. The maximum absolute atomic E-state index is 13.3. The fourth-order valence-corrected chi connectivity index (χ4v) is 4.00. The van der Waals surface area contributed by atoms with Crippen molar-refractivity contribution in [1.82, 2.24) is 0 Å². The summed E-state index contributed by atoms with van der Waals surface area (Å²) in [4.78, 5) is 23.9. The molecule has 0 fully saturated rings.